The summed E-state index contributed by atoms with van der Waals surface area (Å²) in [4.78, 5) is 25.3. The lowest BCUT2D eigenvalue weighted by atomic mass is 10.0. The molecule has 0 saturated carbocycles. The summed E-state index contributed by atoms with van der Waals surface area (Å²) in [5.41, 5.74) is 2.19. The quantitative estimate of drug-likeness (QED) is 0.384. The Morgan fingerprint density at radius 1 is 0.971 bits per heavy atom. The molecule has 4 atom stereocenters. The zero-order chi connectivity index (χ0) is 24.7. The van der Waals surface area contributed by atoms with Crippen molar-refractivity contribution in [1.82, 2.24) is 5.32 Å². The van der Waals surface area contributed by atoms with Crippen molar-refractivity contribution in [1.29, 1.82) is 0 Å². The molecule has 0 unspecified atom stereocenters. The van der Waals surface area contributed by atoms with Crippen molar-refractivity contribution >= 4 is 20.4 Å². The number of hydrogen-bond donors (Lipinski definition) is 1. The Bertz CT molecular complexity index is 937. The molecular formula is C26H35NO6Si. The zero-order valence-corrected chi connectivity index (χ0v) is 21.5. The van der Waals surface area contributed by atoms with E-state index in [1.165, 1.54) is 0 Å². The van der Waals surface area contributed by atoms with E-state index in [0.29, 0.717) is 5.54 Å². The third-order valence-electron chi connectivity index (χ3n) is 6.27. The van der Waals surface area contributed by atoms with Gasteiger partial charge < -0.3 is 24.0 Å². The van der Waals surface area contributed by atoms with Crippen molar-refractivity contribution in [3.05, 3.63) is 71.8 Å². The van der Waals surface area contributed by atoms with Crippen molar-refractivity contribution in [3.63, 3.8) is 0 Å². The molecule has 1 aliphatic rings. The molecule has 2 aromatic rings. The second kappa shape index (κ2) is 11.6. The molecule has 0 aromatic heterocycles. The maximum absolute atomic E-state index is 12.8. The molecule has 34 heavy (non-hydrogen) atoms. The molecule has 184 valence electrons. The second-order valence-corrected chi connectivity index (χ2v) is 14.0. The first-order valence-corrected chi connectivity index (χ1v) is 14.7. The van der Waals surface area contributed by atoms with Gasteiger partial charge in [0, 0.05) is 0 Å². The molecule has 8 heteroatoms. The van der Waals surface area contributed by atoms with Crippen molar-refractivity contribution in [3.8, 4) is 0 Å². The molecule has 1 heterocycles. The van der Waals surface area contributed by atoms with Gasteiger partial charge in [0.1, 0.15) is 12.7 Å². The highest BCUT2D eigenvalue weighted by Crippen LogP contribution is 2.30. The van der Waals surface area contributed by atoms with Gasteiger partial charge in [0.2, 0.25) is 0 Å². The number of cyclic esters (lactones) is 1. The summed E-state index contributed by atoms with van der Waals surface area (Å²) in [6.07, 6.45) is -2.46. The molecule has 0 spiro atoms. The van der Waals surface area contributed by atoms with Crippen LogP contribution < -0.4 is 5.32 Å². The van der Waals surface area contributed by atoms with Crippen LogP contribution in [0.2, 0.25) is 18.6 Å². The van der Waals surface area contributed by atoms with Crippen LogP contribution >= 0.6 is 0 Å². The lowest BCUT2D eigenvalue weighted by Crippen LogP contribution is -2.51. The summed E-state index contributed by atoms with van der Waals surface area (Å²) in [5, 5.41) is 2.65. The maximum atomic E-state index is 12.8. The van der Waals surface area contributed by atoms with Gasteiger partial charge in [-0.25, -0.2) is 9.59 Å². The van der Waals surface area contributed by atoms with Crippen molar-refractivity contribution in [2.24, 2.45) is 0 Å². The van der Waals surface area contributed by atoms with E-state index in [2.05, 4.69) is 32.3 Å². The summed E-state index contributed by atoms with van der Waals surface area (Å²) in [6.45, 7) is 10.8. The third kappa shape index (κ3) is 6.91. The number of nitrogens with one attached hydrogen (secondary N) is 1. The number of alkyl carbamates (subject to hydrolysis) is 1. The number of carbonyl (C=O) groups excluding carboxylic acids is 2. The first-order valence-electron chi connectivity index (χ1n) is 11.7. The topological polar surface area (TPSA) is 83.1 Å². The molecule has 0 radical (unpaired) electrons. The SMILES string of the molecule is CC(C)[Si](C)(C)O[C@H](C)[C@@H]1OC(=O)[C@H](NC(=O)OCc2ccccc2)[C@H]1OCc1ccccc1. The van der Waals surface area contributed by atoms with Crippen LogP contribution in [0.3, 0.4) is 0 Å². The van der Waals surface area contributed by atoms with Crippen LogP contribution in [0.4, 0.5) is 4.79 Å². The minimum absolute atomic E-state index is 0.0983. The minimum Gasteiger partial charge on any atom is -0.455 e. The summed E-state index contributed by atoms with van der Waals surface area (Å²) < 4.78 is 23.6. The Labute approximate surface area is 202 Å². The number of esters is 1. The van der Waals surface area contributed by atoms with Gasteiger partial charge in [-0.15, -0.1) is 0 Å². The number of ether oxygens (including phenoxy) is 3. The highest BCUT2D eigenvalue weighted by Gasteiger charge is 2.50. The summed E-state index contributed by atoms with van der Waals surface area (Å²) in [5.74, 6) is -0.556. The molecule has 3 rings (SSSR count). The first-order chi connectivity index (χ1) is 16.2. The molecule has 0 bridgehead atoms. The fraction of sp³-hybridized carbons (Fsp3) is 0.462. The molecule has 1 amide bonds. The Kier molecular flexibility index (Phi) is 8.88. The lowest BCUT2D eigenvalue weighted by Gasteiger charge is -2.34. The summed E-state index contributed by atoms with van der Waals surface area (Å²) in [7, 11) is -2.01. The van der Waals surface area contributed by atoms with Gasteiger partial charge in [-0.1, -0.05) is 74.5 Å². The lowest BCUT2D eigenvalue weighted by molar-refractivity contribution is -0.147. The number of rotatable bonds is 10. The van der Waals surface area contributed by atoms with Crippen molar-refractivity contribution < 1.29 is 28.2 Å². The Morgan fingerprint density at radius 2 is 1.53 bits per heavy atom. The predicted octanol–water partition coefficient (Wildman–Crippen LogP) is 4.81. The third-order valence-corrected chi connectivity index (χ3v) is 10.0. The van der Waals surface area contributed by atoms with Gasteiger partial charge in [0.25, 0.3) is 0 Å². The fourth-order valence-electron chi connectivity index (χ4n) is 3.63. The molecule has 0 aliphatic carbocycles. The Balaban J connectivity index is 1.71. The molecule has 1 fully saturated rings. The fourth-order valence-corrected chi connectivity index (χ4v) is 5.00. The largest absolute Gasteiger partial charge is 0.455 e. The van der Waals surface area contributed by atoms with Gasteiger partial charge >= 0.3 is 12.1 Å². The maximum Gasteiger partial charge on any atom is 0.408 e. The van der Waals surface area contributed by atoms with Gasteiger partial charge in [-0.2, -0.15) is 0 Å². The number of carbonyl (C=O) groups is 2. The molecule has 7 nitrogen and oxygen atoms in total. The summed E-state index contributed by atoms with van der Waals surface area (Å²) >= 11 is 0. The van der Waals surface area contributed by atoms with Gasteiger partial charge in [0.05, 0.1) is 12.7 Å². The normalized spacial score (nSPS) is 21.2. The first kappa shape index (κ1) is 25.9. The van der Waals surface area contributed by atoms with E-state index in [1.54, 1.807) is 0 Å². The van der Waals surface area contributed by atoms with E-state index in [-0.39, 0.29) is 19.3 Å². The van der Waals surface area contributed by atoms with Gasteiger partial charge in [-0.3, -0.25) is 0 Å². The second-order valence-electron chi connectivity index (χ2n) is 9.43. The zero-order valence-electron chi connectivity index (χ0n) is 20.5. The van der Waals surface area contributed by atoms with E-state index in [0.717, 1.165) is 11.1 Å². The van der Waals surface area contributed by atoms with Crippen LogP contribution in [0, 0.1) is 0 Å². The average molecular weight is 486 g/mol. The predicted molar refractivity (Wildman–Crippen MR) is 132 cm³/mol. The van der Waals surface area contributed by atoms with Crippen LogP contribution in [0.1, 0.15) is 31.9 Å². The van der Waals surface area contributed by atoms with E-state index < -0.39 is 38.6 Å². The Hall–Kier alpha value is -2.68. The summed E-state index contributed by atoms with van der Waals surface area (Å²) in [6, 6.07) is 18.0. The van der Waals surface area contributed by atoms with Crippen LogP contribution in [-0.2, 0) is 36.6 Å². The van der Waals surface area contributed by atoms with Crippen LogP contribution in [-0.4, -0.2) is 44.7 Å². The van der Waals surface area contributed by atoms with Crippen LogP contribution in [0.15, 0.2) is 60.7 Å². The highest BCUT2D eigenvalue weighted by molar-refractivity contribution is 6.72. The van der Waals surface area contributed by atoms with E-state index in [1.807, 2.05) is 67.6 Å². The monoisotopic (exact) mass is 485 g/mol. The van der Waals surface area contributed by atoms with E-state index >= 15 is 0 Å². The number of benzene rings is 2. The molecular weight excluding hydrogens is 450 g/mol. The average Bonchev–Trinajstić information content (AvgIpc) is 3.12. The number of amides is 1. The molecule has 1 N–H and O–H groups in total. The molecule has 1 saturated heterocycles. The van der Waals surface area contributed by atoms with Crippen molar-refractivity contribution in [2.75, 3.05) is 0 Å². The van der Waals surface area contributed by atoms with Crippen molar-refractivity contribution in [2.45, 2.75) is 77.0 Å². The van der Waals surface area contributed by atoms with Gasteiger partial charge in [-0.05, 0) is 36.7 Å². The standard InChI is InChI=1S/C26H35NO6Si/c1-18(2)34(4,5)33-19(3)23-24(30-16-20-12-8-6-9-13-20)22(25(28)32-23)27-26(29)31-17-21-14-10-7-11-15-21/h6-15,18-19,22-24H,16-17H2,1-5H3,(H,27,29)/t19-,22-,23+,24-/m1/s1. The Morgan fingerprint density at radius 3 is 2.09 bits per heavy atom. The molecule has 1 aliphatic heterocycles. The van der Waals surface area contributed by atoms with E-state index in [4.69, 9.17) is 18.6 Å². The van der Waals surface area contributed by atoms with E-state index in [9.17, 15) is 9.59 Å². The van der Waals surface area contributed by atoms with Crippen LogP contribution in [0.5, 0.6) is 0 Å². The minimum atomic E-state index is -2.01. The smallest absolute Gasteiger partial charge is 0.408 e. The van der Waals surface area contributed by atoms with Gasteiger partial charge in [0.15, 0.2) is 20.5 Å². The highest BCUT2D eigenvalue weighted by atomic mass is 28.4. The number of hydrogen-bond acceptors (Lipinski definition) is 6. The molecule has 2 aromatic carbocycles. The van der Waals surface area contributed by atoms with Crippen LogP contribution in [0.25, 0.3) is 0 Å².